The fraction of sp³-hybridized carbons (Fsp3) is 0.444. The summed E-state index contributed by atoms with van der Waals surface area (Å²) in [7, 11) is -2.22. The maximum atomic E-state index is 12.7. The first-order valence-corrected chi connectivity index (χ1v) is 10.2. The number of sulfonamides is 1. The van der Waals surface area contributed by atoms with Crippen LogP contribution in [0.1, 0.15) is 53.3 Å². The zero-order valence-corrected chi connectivity index (χ0v) is 16.1. The second-order valence-electron chi connectivity index (χ2n) is 6.66. The predicted molar refractivity (Wildman–Crippen MR) is 99.8 cm³/mol. The van der Waals surface area contributed by atoms with E-state index in [-0.39, 0.29) is 10.8 Å². The summed E-state index contributed by atoms with van der Waals surface area (Å²) in [5, 5.41) is 7.23. The van der Waals surface area contributed by atoms with E-state index >= 15 is 0 Å². The molecule has 1 aliphatic carbocycles. The lowest BCUT2D eigenvalue weighted by molar-refractivity contribution is 0.102. The van der Waals surface area contributed by atoms with Crippen LogP contribution in [0.3, 0.4) is 0 Å². The zero-order valence-electron chi connectivity index (χ0n) is 15.2. The molecule has 0 aliphatic heterocycles. The monoisotopic (exact) mass is 376 g/mol. The topological polar surface area (TPSA) is 93.1 Å². The number of amides is 1. The highest BCUT2D eigenvalue weighted by molar-refractivity contribution is 7.89. The Hall–Kier alpha value is -2.19. The third kappa shape index (κ3) is 3.52. The van der Waals surface area contributed by atoms with Crippen molar-refractivity contribution in [1.29, 1.82) is 0 Å². The molecule has 2 aromatic rings. The quantitative estimate of drug-likeness (QED) is 0.839. The van der Waals surface area contributed by atoms with Crippen LogP contribution in [0.15, 0.2) is 29.3 Å². The largest absolute Gasteiger partial charge is 0.322 e. The van der Waals surface area contributed by atoms with Crippen LogP contribution in [0.5, 0.6) is 0 Å². The number of carbonyl (C=O) groups excluding carboxylic acids is 1. The molecule has 0 saturated heterocycles. The minimum absolute atomic E-state index is 0.110. The molecule has 1 aromatic heterocycles. The van der Waals surface area contributed by atoms with Gasteiger partial charge in [0.05, 0.1) is 22.7 Å². The minimum Gasteiger partial charge on any atom is -0.322 e. The van der Waals surface area contributed by atoms with E-state index < -0.39 is 10.0 Å². The van der Waals surface area contributed by atoms with Crippen LogP contribution in [0.2, 0.25) is 0 Å². The van der Waals surface area contributed by atoms with E-state index in [0.29, 0.717) is 17.3 Å². The Morgan fingerprint density at radius 3 is 2.58 bits per heavy atom. The number of nitrogens with one attached hydrogen (secondary N) is 2. The number of benzene rings is 1. The Morgan fingerprint density at radius 2 is 1.92 bits per heavy atom. The summed E-state index contributed by atoms with van der Waals surface area (Å²) in [6.07, 6.45) is 6.15. The zero-order chi connectivity index (χ0) is 18.9. The second-order valence-corrected chi connectivity index (χ2v) is 8.55. The van der Waals surface area contributed by atoms with Crippen molar-refractivity contribution in [2.24, 2.45) is 0 Å². The highest BCUT2D eigenvalue weighted by atomic mass is 32.2. The molecule has 0 unspecified atom stereocenters. The molecule has 26 heavy (non-hydrogen) atoms. The van der Waals surface area contributed by atoms with Crippen LogP contribution in [-0.4, -0.2) is 31.2 Å². The number of anilines is 1. The molecule has 140 valence electrons. The van der Waals surface area contributed by atoms with Crippen LogP contribution in [0.4, 0.5) is 5.69 Å². The smallest absolute Gasteiger partial charge is 0.259 e. The van der Waals surface area contributed by atoms with Gasteiger partial charge in [0.15, 0.2) is 0 Å². The molecule has 8 heteroatoms. The van der Waals surface area contributed by atoms with Crippen LogP contribution in [0.25, 0.3) is 0 Å². The standard InChI is InChI=1S/C18H24N4O3S/c1-12-8-9-15(26(24,25)19-3)10-17(12)21-18(23)16-11-20-22(13(16)2)14-6-4-5-7-14/h8-11,14,19H,4-7H2,1-3H3,(H,21,23). The van der Waals surface area contributed by atoms with Crippen molar-refractivity contribution in [3.63, 3.8) is 0 Å². The maximum absolute atomic E-state index is 12.7. The molecule has 0 atom stereocenters. The van der Waals surface area contributed by atoms with Crippen molar-refractivity contribution < 1.29 is 13.2 Å². The van der Waals surface area contributed by atoms with Crippen molar-refractivity contribution in [3.8, 4) is 0 Å². The molecular weight excluding hydrogens is 352 g/mol. The average molecular weight is 376 g/mol. The Bertz CT molecular complexity index is 928. The summed E-state index contributed by atoms with van der Waals surface area (Å²) in [4.78, 5) is 12.8. The minimum atomic E-state index is -3.57. The summed E-state index contributed by atoms with van der Waals surface area (Å²) < 4.78 is 28.2. The SMILES string of the molecule is CNS(=O)(=O)c1ccc(C)c(NC(=O)c2cnn(C3CCCC3)c2C)c1. The van der Waals surface area contributed by atoms with E-state index in [0.717, 1.165) is 24.1 Å². The Labute approximate surface area is 153 Å². The van der Waals surface area contributed by atoms with Gasteiger partial charge in [-0.1, -0.05) is 18.9 Å². The average Bonchev–Trinajstić information content (AvgIpc) is 3.26. The molecule has 1 heterocycles. The Morgan fingerprint density at radius 1 is 1.23 bits per heavy atom. The normalized spacial score (nSPS) is 15.3. The number of aromatic nitrogens is 2. The van der Waals surface area contributed by atoms with Gasteiger partial charge in [-0.05, 0) is 51.4 Å². The fourth-order valence-corrected chi connectivity index (χ4v) is 4.13. The summed E-state index contributed by atoms with van der Waals surface area (Å²) >= 11 is 0. The molecular formula is C18H24N4O3S. The lowest BCUT2D eigenvalue weighted by Crippen LogP contribution is -2.19. The molecule has 0 spiro atoms. The highest BCUT2D eigenvalue weighted by Gasteiger charge is 2.23. The fourth-order valence-electron chi connectivity index (χ4n) is 3.37. The van der Waals surface area contributed by atoms with Gasteiger partial charge in [-0.25, -0.2) is 13.1 Å². The van der Waals surface area contributed by atoms with Gasteiger partial charge in [-0.2, -0.15) is 5.10 Å². The van der Waals surface area contributed by atoms with Crippen LogP contribution in [-0.2, 0) is 10.0 Å². The molecule has 0 bridgehead atoms. The van der Waals surface area contributed by atoms with Crippen molar-refractivity contribution in [2.75, 3.05) is 12.4 Å². The van der Waals surface area contributed by atoms with Gasteiger partial charge in [0.25, 0.3) is 5.91 Å². The second kappa shape index (κ2) is 7.20. The van der Waals surface area contributed by atoms with Gasteiger partial charge in [0.1, 0.15) is 0 Å². The first-order valence-electron chi connectivity index (χ1n) is 8.73. The van der Waals surface area contributed by atoms with E-state index in [2.05, 4.69) is 15.1 Å². The van der Waals surface area contributed by atoms with Crippen molar-refractivity contribution in [1.82, 2.24) is 14.5 Å². The van der Waals surface area contributed by atoms with Gasteiger partial charge < -0.3 is 5.32 Å². The molecule has 7 nitrogen and oxygen atoms in total. The highest BCUT2D eigenvalue weighted by Crippen LogP contribution is 2.30. The van der Waals surface area contributed by atoms with Gasteiger partial charge in [-0.15, -0.1) is 0 Å². The van der Waals surface area contributed by atoms with Gasteiger partial charge in [0, 0.05) is 11.4 Å². The van der Waals surface area contributed by atoms with E-state index in [4.69, 9.17) is 0 Å². The first-order chi connectivity index (χ1) is 12.3. The molecule has 1 aliphatic rings. The molecule has 3 rings (SSSR count). The Kier molecular flexibility index (Phi) is 5.15. The van der Waals surface area contributed by atoms with Crippen LogP contribution >= 0.6 is 0 Å². The summed E-state index contributed by atoms with van der Waals surface area (Å²) in [5.74, 6) is -0.283. The van der Waals surface area contributed by atoms with Crippen LogP contribution < -0.4 is 10.0 Å². The third-order valence-corrected chi connectivity index (χ3v) is 6.41. The van der Waals surface area contributed by atoms with E-state index in [1.54, 1.807) is 12.3 Å². The summed E-state index contributed by atoms with van der Waals surface area (Å²) in [6.45, 7) is 3.72. The van der Waals surface area contributed by atoms with E-state index in [9.17, 15) is 13.2 Å². The number of rotatable bonds is 5. The number of hydrogen-bond acceptors (Lipinski definition) is 4. The van der Waals surface area contributed by atoms with Crippen molar-refractivity contribution in [2.45, 2.75) is 50.5 Å². The Balaban J connectivity index is 1.85. The van der Waals surface area contributed by atoms with Crippen molar-refractivity contribution in [3.05, 3.63) is 41.2 Å². The summed E-state index contributed by atoms with van der Waals surface area (Å²) in [6, 6.07) is 5.02. The third-order valence-electron chi connectivity index (χ3n) is 5.00. The lowest BCUT2D eigenvalue weighted by atomic mass is 10.1. The molecule has 1 saturated carbocycles. The maximum Gasteiger partial charge on any atom is 0.259 e. The first kappa shape index (κ1) is 18.6. The van der Waals surface area contributed by atoms with Crippen LogP contribution in [0, 0.1) is 13.8 Å². The van der Waals surface area contributed by atoms with E-state index in [1.165, 1.54) is 32.0 Å². The summed E-state index contributed by atoms with van der Waals surface area (Å²) in [5.41, 5.74) is 2.61. The molecule has 1 amide bonds. The van der Waals surface area contributed by atoms with Gasteiger partial charge >= 0.3 is 0 Å². The number of carbonyl (C=O) groups is 1. The van der Waals surface area contributed by atoms with E-state index in [1.807, 2.05) is 18.5 Å². The lowest BCUT2D eigenvalue weighted by Gasteiger charge is -2.13. The molecule has 1 aromatic carbocycles. The van der Waals surface area contributed by atoms with Gasteiger partial charge in [-0.3, -0.25) is 9.48 Å². The van der Waals surface area contributed by atoms with Gasteiger partial charge in [0.2, 0.25) is 10.0 Å². The predicted octanol–water partition coefficient (Wildman–Crippen LogP) is 2.78. The van der Waals surface area contributed by atoms with Crippen molar-refractivity contribution >= 4 is 21.6 Å². The molecule has 1 fully saturated rings. The number of aryl methyl sites for hydroxylation is 1. The number of hydrogen-bond donors (Lipinski definition) is 2. The molecule has 0 radical (unpaired) electrons. The number of nitrogens with zero attached hydrogens (tertiary/aromatic N) is 2. The molecule has 2 N–H and O–H groups in total.